The molecular formula is C34H29FN4O5S. The van der Waals surface area contributed by atoms with Gasteiger partial charge in [-0.2, -0.15) is 0 Å². The Labute approximate surface area is 258 Å². The molecule has 45 heavy (non-hydrogen) atoms. The predicted octanol–water partition coefficient (Wildman–Crippen LogP) is 5.77. The zero-order valence-corrected chi connectivity index (χ0v) is 25.8. The number of aryl methyl sites for hydroxylation is 2. The minimum absolute atomic E-state index is 0.268. The van der Waals surface area contributed by atoms with Gasteiger partial charge in [0, 0.05) is 61.2 Å². The number of benzene rings is 3. The first kappa shape index (κ1) is 28.6. The summed E-state index contributed by atoms with van der Waals surface area (Å²) in [5.74, 6) is -0.393. The number of carbonyl (C=O) groups excluding carboxylic acids is 1. The molecule has 1 aliphatic heterocycles. The van der Waals surface area contributed by atoms with Crippen molar-refractivity contribution in [3.05, 3.63) is 100 Å². The van der Waals surface area contributed by atoms with Crippen molar-refractivity contribution < 1.29 is 22.0 Å². The standard InChI is InChI=1S/C34H29FN4O5S/c1-19-8-10-20(11-9-19)33-32(34(41)36-2)24-16-22(27(18-30(24)44-33)37(3)45(4,42)43)21-14-28-29-17-23-25(35)6-5-7-26(23)38(29)12-13-39(28)31(40)15-21/h5-11,14-18H,12-13H2,1-4H3,(H,36,41). The molecule has 0 fully saturated rings. The minimum atomic E-state index is -3.75. The van der Waals surface area contributed by atoms with Crippen molar-refractivity contribution in [2.75, 3.05) is 24.7 Å². The van der Waals surface area contributed by atoms with Gasteiger partial charge in [-0.25, -0.2) is 12.8 Å². The fraction of sp³-hybridized carbons (Fsp3) is 0.176. The van der Waals surface area contributed by atoms with Crippen LogP contribution in [0.1, 0.15) is 15.9 Å². The van der Waals surface area contributed by atoms with Crippen LogP contribution in [-0.4, -0.2) is 43.8 Å². The van der Waals surface area contributed by atoms with Gasteiger partial charge < -0.3 is 18.9 Å². The number of furan rings is 1. The number of aromatic nitrogens is 2. The maximum Gasteiger partial charge on any atom is 0.255 e. The van der Waals surface area contributed by atoms with Crippen LogP contribution in [0.2, 0.25) is 0 Å². The van der Waals surface area contributed by atoms with Gasteiger partial charge in [0.25, 0.3) is 11.5 Å². The highest BCUT2D eigenvalue weighted by molar-refractivity contribution is 7.92. The van der Waals surface area contributed by atoms with E-state index in [9.17, 15) is 22.4 Å². The molecule has 7 rings (SSSR count). The summed E-state index contributed by atoms with van der Waals surface area (Å²) in [5, 5.41) is 3.60. The largest absolute Gasteiger partial charge is 0.455 e. The Balaban J connectivity index is 1.53. The van der Waals surface area contributed by atoms with Crippen molar-refractivity contribution in [3.8, 4) is 33.8 Å². The summed E-state index contributed by atoms with van der Waals surface area (Å²) in [5.41, 5.74) is 5.14. The number of amides is 1. The number of pyridine rings is 1. The van der Waals surface area contributed by atoms with Crippen molar-refractivity contribution in [2.24, 2.45) is 0 Å². The first-order chi connectivity index (χ1) is 21.5. The van der Waals surface area contributed by atoms with Crippen LogP contribution in [0.25, 0.3) is 55.7 Å². The molecule has 1 amide bonds. The van der Waals surface area contributed by atoms with Gasteiger partial charge in [0.05, 0.1) is 34.4 Å². The van der Waals surface area contributed by atoms with Gasteiger partial charge in [-0.3, -0.25) is 13.9 Å². The highest BCUT2D eigenvalue weighted by atomic mass is 32.2. The Hall–Kier alpha value is -5.16. The molecule has 11 heteroatoms. The second-order valence-electron chi connectivity index (χ2n) is 11.3. The summed E-state index contributed by atoms with van der Waals surface area (Å²) in [6.07, 6.45) is 1.09. The zero-order valence-electron chi connectivity index (χ0n) is 25.0. The van der Waals surface area contributed by atoms with E-state index < -0.39 is 10.0 Å². The number of rotatable bonds is 5. The van der Waals surface area contributed by atoms with Crippen LogP contribution in [0.3, 0.4) is 0 Å². The summed E-state index contributed by atoms with van der Waals surface area (Å²) >= 11 is 0. The van der Waals surface area contributed by atoms with E-state index in [-0.39, 0.29) is 28.5 Å². The van der Waals surface area contributed by atoms with E-state index in [0.29, 0.717) is 63.3 Å². The number of anilines is 1. The number of nitrogens with zero attached hydrogens (tertiary/aromatic N) is 3. The van der Waals surface area contributed by atoms with Crippen LogP contribution in [0.15, 0.2) is 82.0 Å². The van der Waals surface area contributed by atoms with E-state index in [1.165, 1.54) is 26.2 Å². The average Bonchev–Trinajstić information content (AvgIpc) is 3.59. The summed E-state index contributed by atoms with van der Waals surface area (Å²) in [4.78, 5) is 26.9. The van der Waals surface area contributed by atoms with E-state index in [1.807, 2.05) is 47.9 Å². The lowest BCUT2D eigenvalue weighted by Crippen LogP contribution is -2.28. The highest BCUT2D eigenvalue weighted by Crippen LogP contribution is 2.42. The molecule has 3 aromatic carbocycles. The molecule has 0 spiro atoms. The topological polar surface area (TPSA) is 107 Å². The first-order valence-electron chi connectivity index (χ1n) is 14.3. The number of halogens is 1. The maximum absolute atomic E-state index is 14.8. The Morgan fingerprint density at radius 2 is 1.64 bits per heavy atom. The summed E-state index contributed by atoms with van der Waals surface area (Å²) in [7, 11) is -0.798. The smallest absolute Gasteiger partial charge is 0.255 e. The van der Waals surface area contributed by atoms with Gasteiger partial charge in [0.1, 0.15) is 17.2 Å². The molecule has 1 aliphatic rings. The average molecular weight is 625 g/mol. The molecule has 0 saturated heterocycles. The Morgan fingerprint density at radius 3 is 2.36 bits per heavy atom. The molecule has 0 radical (unpaired) electrons. The molecule has 0 bridgehead atoms. The van der Waals surface area contributed by atoms with Crippen LogP contribution in [0.5, 0.6) is 0 Å². The number of hydrogen-bond acceptors (Lipinski definition) is 5. The van der Waals surface area contributed by atoms with E-state index in [4.69, 9.17) is 4.42 Å². The summed E-state index contributed by atoms with van der Waals surface area (Å²) < 4.78 is 51.5. The molecule has 3 aromatic heterocycles. The van der Waals surface area contributed by atoms with E-state index >= 15 is 0 Å². The summed E-state index contributed by atoms with van der Waals surface area (Å²) in [6, 6.07) is 20.7. The van der Waals surface area contributed by atoms with Crippen LogP contribution in [-0.2, 0) is 23.1 Å². The van der Waals surface area contributed by atoms with Crippen LogP contribution in [0.4, 0.5) is 10.1 Å². The molecule has 6 aromatic rings. The fourth-order valence-corrected chi connectivity index (χ4v) is 6.67. The normalized spacial score (nSPS) is 12.7. The van der Waals surface area contributed by atoms with Gasteiger partial charge >= 0.3 is 0 Å². The number of carbonyl (C=O) groups is 1. The molecule has 0 unspecified atom stereocenters. The van der Waals surface area contributed by atoms with Crippen molar-refractivity contribution in [2.45, 2.75) is 20.0 Å². The lowest BCUT2D eigenvalue weighted by Gasteiger charge is -2.24. The maximum atomic E-state index is 14.8. The van der Waals surface area contributed by atoms with E-state index in [1.54, 1.807) is 28.8 Å². The summed E-state index contributed by atoms with van der Waals surface area (Å²) in [6.45, 7) is 2.84. The predicted molar refractivity (Wildman–Crippen MR) is 174 cm³/mol. The second kappa shape index (κ2) is 10.2. The van der Waals surface area contributed by atoms with Gasteiger partial charge in [0.2, 0.25) is 10.0 Å². The molecule has 0 atom stereocenters. The number of hydrogen-bond donors (Lipinski definition) is 1. The van der Waals surface area contributed by atoms with Crippen LogP contribution >= 0.6 is 0 Å². The Kier molecular flexibility index (Phi) is 6.48. The van der Waals surface area contributed by atoms with Gasteiger partial charge in [-0.05, 0) is 42.8 Å². The second-order valence-corrected chi connectivity index (χ2v) is 13.3. The third-order valence-corrected chi connectivity index (χ3v) is 9.74. The lowest BCUT2D eigenvalue weighted by molar-refractivity contribution is 0.0964. The first-order valence-corrected chi connectivity index (χ1v) is 16.2. The zero-order chi connectivity index (χ0) is 31.8. The van der Waals surface area contributed by atoms with E-state index in [0.717, 1.165) is 21.6 Å². The number of nitrogens with one attached hydrogen (secondary N) is 1. The SMILES string of the molecule is CNC(=O)c1c(-c2ccc(C)cc2)oc2cc(N(C)S(C)(=O)=O)c(-c3cc4n(c(=O)c3)CCn3c-4cc4c(F)cccc43)cc12. The lowest BCUT2D eigenvalue weighted by atomic mass is 9.97. The minimum Gasteiger partial charge on any atom is -0.455 e. The molecule has 9 nitrogen and oxygen atoms in total. The van der Waals surface area contributed by atoms with Gasteiger partial charge in [-0.15, -0.1) is 0 Å². The molecule has 4 heterocycles. The quantitative estimate of drug-likeness (QED) is 0.262. The van der Waals surface area contributed by atoms with Crippen molar-refractivity contribution in [1.82, 2.24) is 14.5 Å². The van der Waals surface area contributed by atoms with Crippen molar-refractivity contribution >= 4 is 43.5 Å². The van der Waals surface area contributed by atoms with Gasteiger partial charge in [0.15, 0.2) is 0 Å². The molecule has 1 N–H and O–H groups in total. The molecular weight excluding hydrogens is 595 g/mol. The van der Waals surface area contributed by atoms with Crippen LogP contribution in [0, 0.1) is 12.7 Å². The molecule has 0 aliphatic carbocycles. The van der Waals surface area contributed by atoms with Crippen LogP contribution < -0.4 is 15.2 Å². The van der Waals surface area contributed by atoms with E-state index in [2.05, 4.69) is 5.32 Å². The third-order valence-electron chi connectivity index (χ3n) is 8.55. The fourth-order valence-electron chi connectivity index (χ4n) is 6.16. The third kappa shape index (κ3) is 4.53. The Morgan fingerprint density at radius 1 is 0.933 bits per heavy atom. The molecule has 228 valence electrons. The monoisotopic (exact) mass is 624 g/mol. The molecule has 0 saturated carbocycles. The van der Waals surface area contributed by atoms with Gasteiger partial charge in [-0.1, -0.05) is 35.9 Å². The Bertz CT molecular complexity index is 2370. The van der Waals surface area contributed by atoms with Crippen molar-refractivity contribution in [1.29, 1.82) is 0 Å². The number of sulfonamides is 1. The van der Waals surface area contributed by atoms with Crippen molar-refractivity contribution in [3.63, 3.8) is 0 Å². The highest BCUT2D eigenvalue weighted by Gasteiger charge is 2.28. The number of fused-ring (bicyclic) bond motifs is 6.